The number of benzene rings is 2. The fraction of sp³-hybridized carbons (Fsp3) is 0.235. The zero-order valence-electron chi connectivity index (χ0n) is 14.0. The number of esters is 1. The molecule has 0 radical (unpaired) electrons. The average Bonchev–Trinajstić information content (AvgIpc) is 2.61. The summed E-state index contributed by atoms with van der Waals surface area (Å²) < 4.78 is 81.5. The molecule has 0 aliphatic rings. The van der Waals surface area contributed by atoms with Gasteiger partial charge in [0.25, 0.3) is 0 Å². The second-order valence-corrected chi connectivity index (χ2v) is 6.55. The monoisotopic (exact) mass is 405 g/mol. The van der Waals surface area contributed by atoms with Crippen molar-refractivity contribution in [1.82, 2.24) is 4.31 Å². The van der Waals surface area contributed by atoms with Gasteiger partial charge < -0.3 is 4.74 Å². The van der Waals surface area contributed by atoms with Crippen LogP contribution in [0, 0.1) is 5.82 Å². The fourth-order valence-corrected chi connectivity index (χ4v) is 2.96. The molecule has 2 aromatic rings. The normalized spacial score (nSPS) is 11.8. The van der Waals surface area contributed by atoms with Gasteiger partial charge in [0.15, 0.2) is 0 Å². The lowest BCUT2D eigenvalue weighted by Gasteiger charge is -2.19. The summed E-state index contributed by atoms with van der Waals surface area (Å²) in [6, 6.07) is 7.85. The number of hydrogen-bond acceptors (Lipinski definition) is 4. The van der Waals surface area contributed by atoms with Crippen LogP contribution in [0.5, 0.6) is 0 Å². The first kappa shape index (κ1) is 20.8. The number of alkyl halides is 3. The number of halogens is 4. The topological polar surface area (TPSA) is 63.7 Å². The maximum Gasteiger partial charge on any atom is 0.416 e. The third-order valence-electron chi connectivity index (χ3n) is 3.73. The highest BCUT2D eigenvalue weighted by Crippen LogP contribution is 2.32. The van der Waals surface area contributed by atoms with E-state index in [1.807, 2.05) is 0 Å². The number of carbonyl (C=O) groups is 1. The van der Waals surface area contributed by atoms with Crippen LogP contribution in [0.3, 0.4) is 0 Å². The lowest BCUT2D eigenvalue weighted by molar-refractivity contribution is -0.138. The molecule has 0 N–H and O–H groups in total. The molecule has 0 saturated heterocycles. The Labute approximate surface area is 154 Å². The molecule has 2 rings (SSSR count). The summed E-state index contributed by atoms with van der Waals surface area (Å²) >= 11 is 0. The predicted octanol–water partition coefficient (Wildman–Crippen LogP) is 3.16. The lowest BCUT2D eigenvalue weighted by Crippen LogP contribution is -2.23. The van der Waals surface area contributed by atoms with E-state index in [-0.39, 0.29) is 16.7 Å². The molecular formula is C17H15F4NO4S. The van der Waals surface area contributed by atoms with E-state index in [9.17, 15) is 30.8 Å². The number of ether oxygens (including phenoxy) is 1. The van der Waals surface area contributed by atoms with Gasteiger partial charge in [0.05, 0.1) is 18.2 Å². The molecular weight excluding hydrogens is 390 g/mol. The van der Waals surface area contributed by atoms with Crippen LogP contribution < -0.4 is 0 Å². The number of nitrogens with zero attached hydrogens (tertiary/aromatic N) is 1. The standard InChI is InChI=1S/C17H15F4NO4S/c1-26-16(23)11-6-7-13(15(18)8-11)10-22(27(24)25)9-12-4-2-3-5-14(12)17(19,20)21/h2-8,27H,9-10H2,1H3. The van der Waals surface area contributed by atoms with Crippen molar-refractivity contribution in [2.45, 2.75) is 19.3 Å². The van der Waals surface area contributed by atoms with E-state index in [4.69, 9.17) is 0 Å². The van der Waals surface area contributed by atoms with Crippen LogP contribution in [-0.4, -0.2) is 25.8 Å². The molecule has 0 saturated carbocycles. The molecule has 0 amide bonds. The Kier molecular flexibility index (Phi) is 6.55. The van der Waals surface area contributed by atoms with Gasteiger partial charge in [-0.15, -0.1) is 0 Å². The summed E-state index contributed by atoms with van der Waals surface area (Å²) in [5.41, 5.74) is -1.38. The minimum Gasteiger partial charge on any atom is -0.465 e. The van der Waals surface area contributed by atoms with Crippen molar-refractivity contribution in [3.8, 4) is 0 Å². The molecule has 27 heavy (non-hydrogen) atoms. The summed E-state index contributed by atoms with van der Waals surface area (Å²) in [5, 5.41) is 0. The minimum atomic E-state index is -4.65. The number of thiol groups is 1. The number of hydrogen-bond donors (Lipinski definition) is 1. The molecule has 0 aliphatic heterocycles. The lowest BCUT2D eigenvalue weighted by atomic mass is 10.1. The second-order valence-electron chi connectivity index (χ2n) is 5.51. The second kappa shape index (κ2) is 8.49. The Hall–Kier alpha value is -2.46. The highest BCUT2D eigenvalue weighted by molar-refractivity contribution is 7.69. The van der Waals surface area contributed by atoms with E-state index >= 15 is 0 Å². The zero-order valence-corrected chi connectivity index (χ0v) is 14.9. The number of methoxy groups -OCH3 is 1. The third-order valence-corrected chi connectivity index (χ3v) is 4.48. The Morgan fingerprint density at radius 3 is 2.26 bits per heavy atom. The van der Waals surface area contributed by atoms with Crippen LogP contribution in [0.1, 0.15) is 27.0 Å². The van der Waals surface area contributed by atoms with E-state index < -0.39 is 47.5 Å². The van der Waals surface area contributed by atoms with Crippen molar-refractivity contribution in [2.75, 3.05) is 7.11 Å². The van der Waals surface area contributed by atoms with Gasteiger partial charge in [-0.05, 0) is 23.8 Å². The Bertz CT molecular complexity index is 904. The predicted molar refractivity (Wildman–Crippen MR) is 88.7 cm³/mol. The summed E-state index contributed by atoms with van der Waals surface area (Å²) in [6.45, 7) is -1.06. The van der Waals surface area contributed by atoms with Crippen molar-refractivity contribution in [3.05, 3.63) is 70.5 Å². The Morgan fingerprint density at radius 2 is 1.70 bits per heavy atom. The molecule has 5 nitrogen and oxygen atoms in total. The van der Waals surface area contributed by atoms with Crippen LogP contribution in [-0.2, 0) is 34.9 Å². The molecule has 0 bridgehead atoms. The highest BCUT2D eigenvalue weighted by Gasteiger charge is 2.33. The third kappa shape index (κ3) is 5.27. The van der Waals surface area contributed by atoms with E-state index in [0.29, 0.717) is 4.31 Å². The van der Waals surface area contributed by atoms with Gasteiger partial charge in [-0.2, -0.15) is 17.5 Å². The quantitative estimate of drug-likeness (QED) is 0.456. The number of rotatable bonds is 6. The van der Waals surface area contributed by atoms with E-state index in [1.165, 1.54) is 24.3 Å². The first-order valence-corrected chi connectivity index (χ1v) is 8.67. The van der Waals surface area contributed by atoms with Gasteiger partial charge >= 0.3 is 12.1 Å². The summed E-state index contributed by atoms with van der Waals surface area (Å²) in [6.07, 6.45) is -4.65. The van der Waals surface area contributed by atoms with Crippen LogP contribution in [0.4, 0.5) is 17.6 Å². The molecule has 0 spiro atoms. The van der Waals surface area contributed by atoms with Crippen molar-refractivity contribution in [3.63, 3.8) is 0 Å². The molecule has 10 heteroatoms. The van der Waals surface area contributed by atoms with Gasteiger partial charge in [-0.3, -0.25) is 0 Å². The Morgan fingerprint density at radius 1 is 1.07 bits per heavy atom. The first-order chi connectivity index (χ1) is 12.6. The zero-order chi connectivity index (χ0) is 20.2. The van der Waals surface area contributed by atoms with Crippen molar-refractivity contribution >= 4 is 16.9 Å². The van der Waals surface area contributed by atoms with E-state index in [1.54, 1.807) is 0 Å². The van der Waals surface area contributed by atoms with Gasteiger partial charge in [0, 0.05) is 18.7 Å². The van der Waals surface area contributed by atoms with Crippen LogP contribution in [0.15, 0.2) is 42.5 Å². The minimum absolute atomic E-state index is 0.0702. The van der Waals surface area contributed by atoms with E-state index in [0.717, 1.165) is 25.3 Å². The maximum absolute atomic E-state index is 14.2. The number of carbonyl (C=O) groups excluding carboxylic acids is 1. The molecule has 0 atom stereocenters. The van der Waals surface area contributed by atoms with Gasteiger partial charge in [-0.25, -0.2) is 17.6 Å². The summed E-state index contributed by atoms with van der Waals surface area (Å²) in [5.74, 6) is -1.64. The average molecular weight is 405 g/mol. The largest absolute Gasteiger partial charge is 0.465 e. The van der Waals surface area contributed by atoms with Crippen molar-refractivity contribution in [2.24, 2.45) is 0 Å². The van der Waals surface area contributed by atoms with Crippen molar-refractivity contribution < 1.29 is 35.5 Å². The van der Waals surface area contributed by atoms with Gasteiger partial charge in [0.2, 0.25) is 10.9 Å². The summed E-state index contributed by atoms with van der Waals surface area (Å²) in [7, 11) is -2.17. The van der Waals surface area contributed by atoms with Crippen LogP contribution in [0.2, 0.25) is 0 Å². The van der Waals surface area contributed by atoms with Crippen LogP contribution >= 0.6 is 0 Å². The molecule has 146 valence electrons. The molecule has 0 unspecified atom stereocenters. The molecule has 0 heterocycles. The van der Waals surface area contributed by atoms with Gasteiger partial charge in [0.1, 0.15) is 5.82 Å². The van der Waals surface area contributed by atoms with Crippen LogP contribution in [0.25, 0.3) is 0 Å². The highest BCUT2D eigenvalue weighted by atomic mass is 32.2. The first-order valence-electron chi connectivity index (χ1n) is 7.54. The van der Waals surface area contributed by atoms with Crippen molar-refractivity contribution in [1.29, 1.82) is 0 Å². The SMILES string of the molecule is COC(=O)c1ccc(CN(Cc2ccccc2C(F)(F)F)[SH](=O)=O)c(F)c1. The molecule has 0 fully saturated rings. The Balaban J connectivity index is 2.29. The fourth-order valence-electron chi connectivity index (χ4n) is 2.42. The van der Waals surface area contributed by atoms with E-state index in [2.05, 4.69) is 4.74 Å². The smallest absolute Gasteiger partial charge is 0.416 e. The molecule has 0 aromatic heterocycles. The molecule has 0 aliphatic carbocycles. The van der Waals surface area contributed by atoms with Gasteiger partial charge in [-0.1, -0.05) is 24.3 Å². The summed E-state index contributed by atoms with van der Waals surface area (Å²) in [4.78, 5) is 11.4. The molecule has 2 aromatic carbocycles. The maximum atomic E-state index is 14.2.